The van der Waals surface area contributed by atoms with Crippen molar-refractivity contribution < 1.29 is 9.13 Å². The van der Waals surface area contributed by atoms with E-state index in [-0.39, 0.29) is 29.5 Å². The fraction of sp³-hybridized carbons (Fsp3) is 0.500. The number of halogens is 1. The molecule has 1 aromatic carbocycles. The zero-order chi connectivity index (χ0) is 23.0. The van der Waals surface area contributed by atoms with Gasteiger partial charge in [-0.25, -0.2) is 4.39 Å². The zero-order valence-electron chi connectivity index (χ0n) is 19.4. The van der Waals surface area contributed by atoms with E-state index in [1.807, 2.05) is 6.07 Å². The van der Waals surface area contributed by atoms with Crippen molar-refractivity contribution >= 4 is 16.7 Å². The summed E-state index contributed by atoms with van der Waals surface area (Å²) < 4.78 is 20.9. The average molecular weight is 442 g/mol. The van der Waals surface area contributed by atoms with Gasteiger partial charge in [-0.15, -0.1) is 0 Å². The summed E-state index contributed by atoms with van der Waals surface area (Å²) in [6.45, 7) is 8.14. The first-order chi connectivity index (χ1) is 15.4. The third-order valence-electron chi connectivity index (χ3n) is 6.95. The Morgan fingerprint density at radius 3 is 2.66 bits per heavy atom. The van der Waals surface area contributed by atoms with Gasteiger partial charge in [-0.2, -0.15) is 5.10 Å². The first-order valence-corrected chi connectivity index (χ1v) is 11.3. The highest BCUT2D eigenvalue weighted by molar-refractivity contribution is 5.88. The SMILES string of the molecule is CC[C@H]1CN(C(C)c2ccc(F)cc2OC)[C@H](CC)CN1c1cc(=O)n(C)c2c[nH]nc12. The zero-order valence-corrected chi connectivity index (χ0v) is 19.4. The second-order valence-electron chi connectivity index (χ2n) is 8.58. The summed E-state index contributed by atoms with van der Waals surface area (Å²) in [6, 6.07) is 7.04. The lowest BCUT2D eigenvalue weighted by Gasteiger charge is -2.49. The largest absolute Gasteiger partial charge is 0.496 e. The molecule has 0 bridgehead atoms. The van der Waals surface area contributed by atoms with Gasteiger partial charge >= 0.3 is 0 Å². The minimum absolute atomic E-state index is 0.0383. The molecule has 7 nitrogen and oxygen atoms in total. The Balaban J connectivity index is 1.70. The van der Waals surface area contributed by atoms with Crippen molar-refractivity contribution in [3.05, 3.63) is 52.2 Å². The van der Waals surface area contributed by atoms with Crippen LogP contribution in [0.1, 0.15) is 45.2 Å². The Labute approximate surface area is 187 Å². The monoisotopic (exact) mass is 441 g/mol. The van der Waals surface area contributed by atoms with Crippen molar-refractivity contribution in [3.8, 4) is 5.75 Å². The molecule has 3 heterocycles. The topological polar surface area (TPSA) is 66.4 Å². The predicted molar refractivity (Wildman–Crippen MR) is 125 cm³/mol. The van der Waals surface area contributed by atoms with Crippen LogP contribution in [0.15, 0.2) is 35.3 Å². The molecule has 3 aromatic rings. The van der Waals surface area contributed by atoms with E-state index in [4.69, 9.17) is 4.74 Å². The molecular weight excluding hydrogens is 409 g/mol. The molecule has 32 heavy (non-hydrogen) atoms. The van der Waals surface area contributed by atoms with Gasteiger partial charge in [0.15, 0.2) is 0 Å². The first kappa shape index (κ1) is 22.3. The summed E-state index contributed by atoms with van der Waals surface area (Å²) in [6.07, 6.45) is 3.66. The van der Waals surface area contributed by atoms with E-state index in [1.54, 1.807) is 31.0 Å². The van der Waals surface area contributed by atoms with Gasteiger partial charge in [-0.3, -0.25) is 14.8 Å². The van der Waals surface area contributed by atoms with Crippen LogP contribution in [-0.2, 0) is 7.05 Å². The molecule has 0 spiro atoms. The van der Waals surface area contributed by atoms with Crippen molar-refractivity contribution in [2.24, 2.45) is 7.05 Å². The Morgan fingerprint density at radius 2 is 1.97 bits per heavy atom. The summed E-state index contributed by atoms with van der Waals surface area (Å²) in [5, 5.41) is 7.37. The summed E-state index contributed by atoms with van der Waals surface area (Å²) in [4.78, 5) is 17.5. The minimum Gasteiger partial charge on any atom is -0.496 e. The number of rotatable bonds is 6. The number of fused-ring (bicyclic) bond motifs is 1. The number of nitrogens with one attached hydrogen (secondary N) is 1. The number of pyridine rings is 1. The molecule has 1 fully saturated rings. The smallest absolute Gasteiger partial charge is 0.252 e. The van der Waals surface area contributed by atoms with E-state index >= 15 is 0 Å². The number of hydrogen-bond acceptors (Lipinski definition) is 5. The van der Waals surface area contributed by atoms with Gasteiger partial charge in [0.2, 0.25) is 0 Å². The molecule has 0 amide bonds. The molecule has 4 rings (SSSR count). The molecule has 1 N–H and O–H groups in total. The summed E-state index contributed by atoms with van der Waals surface area (Å²) in [7, 11) is 3.35. The Hall–Kier alpha value is -2.87. The molecule has 1 saturated heterocycles. The number of anilines is 1. The molecule has 1 aliphatic rings. The van der Waals surface area contributed by atoms with Gasteiger partial charge in [0.05, 0.1) is 18.3 Å². The molecule has 0 radical (unpaired) electrons. The third-order valence-corrected chi connectivity index (χ3v) is 6.95. The molecule has 3 atom stereocenters. The van der Waals surface area contributed by atoms with Gasteiger partial charge in [-0.05, 0) is 25.8 Å². The highest BCUT2D eigenvalue weighted by atomic mass is 19.1. The Kier molecular flexibility index (Phi) is 6.24. The molecule has 0 aliphatic carbocycles. The quantitative estimate of drug-likeness (QED) is 0.629. The van der Waals surface area contributed by atoms with Gasteiger partial charge in [-0.1, -0.05) is 19.9 Å². The molecule has 8 heteroatoms. The van der Waals surface area contributed by atoms with Crippen molar-refractivity contribution in [3.63, 3.8) is 0 Å². The fourth-order valence-electron chi connectivity index (χ4n) is 5.01. The van der Waals surface area contributed by atoms with Gasteiger partial charge in [0.1, 0.15) is 17.1 Å². The Bertz CT molecular complexity index is 1160. The highest BCUT2D eigenvalue weighted by Crippen LogP contribution is 2.36. The molecule has 1 unspecified atom stereocenters. The van der Waals surface area contributed by atoms with Gasteiger partial charge in [0, 0.05) is 62.2 Å². The van der Waals surface area contributed by atoms with Gasteiger partial charge < -0.3 is 14.2 Å². The van der Waals surface area contributed by atoms with Crippen molar-refractivity contribution in [2.45, 2.75) is 51.7 Å². The Morgan fingerprint density at radius 1 is 1.22 bits per heavy atom. The number of H-pyrrole nitrogens is 1. The second kappa shape index (κ2) is 8.94. The van der Waals surface area contributed by atoms with Crippen molar-refractivity contribution in [2.75, 3.05) is 25.1 Å². The number of nitrogens with zero attached hydrogens (tertiary/aromatic N) is 4. The fourth-order valence-corrected chi connectivity index (χ4v) is 5.01. The van der Waals surface area contributed by atoms with Crippen LogP contribution in [0.5, 0.6) is 5.75 Å². The lowest BCUT2D eigenvalue weighted by atomic mass is 9.96. The van der Waals surface area contributed by atoms with E-state index in [2.05, 4.69) is 40.8 Å². The predicted octanol–water partition coefficient (Wildman–Crippen LogP) is 3.85. The number of benzene rings is 1. The number of aryl methyl sites for hydroxylation is 1. The maximum absolute atomic E-state index is 13.8. The van der Waals surface area contributed by atoms with E-state index in [1.165, 1.54) is 12.1 Å². The van der Waals surface area contributed by atoms with Crippen LogP contribution in [0.25, 0.3) is 11.0 Å². The number of ether oxygens (including phenoxy) is 1. The second-order valence-corrected chi connectivity index (χ2v) is 8.58. The lowest BCUT2D eigenvalue weighted by Crippen LogP contribution is -2.58. The van der Waals surface area contributed by atoms with E-state index in [0.29, 0.717) is 5.75 Å². The van der Waals surface area contributed by atoms with Crippen molar-refractivity contribution in [1.82, 2.24) is 19.7 Å². The standard InChI is InChI=1S/C24H32FN5O2/c1-6-17-14-30(20-11-23(31)28(4)21-12-26-27-24(20)21)18(7-2)13-29(17)15(3)19-9-8-16(25)10-22(19)32-5/h8-12,15,17-18H,6-7,13-14H2,1-5H3,(H,26,27)/t15?,17-,18+/m1/s1. The molecule has 0 saturated carbocycles. The van der Waals surface area contributed by atoms with Crippen LogP contribution in [-0.4, -0.2) is 51.9 Å². The molecule has 1 aliphatic heterocycles. The highest BCUT2D eigenvalue weighted by Gasteiger charge is 2.37. The van der Waals surface area contributed by atoms with Gasteiger partial charge in [0.25, 0.3) is 5.56 Å². The maximum Gasteiger partial charge on any atom is 0.252 e. The van der Waals surface area contributed by atoms with Crippen LogP contribution >= 0.6 is 0 Å². The summed E-state index contributed by atoms with van der Waals surface area (Å²) in [5.41, 5.74) is 3.47. The molecule has 172 valence electrons. The third kappa shape index (κ3) is 3.77. The number of methoxy groups -OCH3 is 1. The van der Waals surface area contributed by atoms with Crippen LogP contribution in [0.2, 0.25) is 0 Å². The van der Waals surface area contributed by atoms with E-state index < -0.39 is 0 Å². The summed E-state index contributed by atoms with van der Waals surface area (Å²) >= 11 is 0. The number of aromatic amines is 1. The molecule has 2 aromatic heterocycles. The summed E-state index contributed by atoms with van der Waals surface area (Å²) in [5.74, 6) is 0.280. The van der Waals surface area contributed by atoms with E-state index in [9.17, 15) is 9.18 Å². The van der Waals surface area contributed by atoms with E-state index in [0.717, 1.165) is 48.2 Å². The average Bonchev–Trinajstić information content (AvgIpc) is 3.30. The number of piperazine rings is 1. The number of aromatic nitrogens is 3. The van der Waals surface area contributed by atoms with Crippen molar-refractivity contribution in [1.29, 1.82) is 0 Å². The normalized spacial score (nSPS) is 20.6. The van der Waals surface area contributed by atoms with Crippen LogP contribution < -0.4 is 15.2 Å². The minimum atomic E-state index is -0.297. The number of hydrogen-bond donors (Lipinski definition) is 1. The van der Waals surface area contributed by atoms with Crippen LogP contribution in [0.3, 0.4) is 0 Å². The molecular formula is C24H32FN5O2. The maximum atomic E-state index is 13.8. The van der Waals surface area contributed by atoms with Crippen LogP contribution in [0.4, 0.5) is 10.1 Å². The lowest BCUT2D eigenvalue weighted by molar-refractivity contribution is 0.0997. The first-order valence-electron chi connectivity index (χ1n) is 11.3. The van der Waals surface area contributed by atoms with Crippen LogP contribution in [0, 0.1) is 5.82 Å².